The normalized spacial score (nSPS) is 14.6. The first kappa shape index (κ1) is 15.0. The monoisotopic (exact) mass is 315 g/mol. The first-order valence-electron chi connectivity index (χ1n) is 7.88. The van der Waals surface area contributed by atoms with Gasteiger partial charge in [0, 0.05) is 36.1 Å². The topological polar surface area (TPSA) is 45.2 Å². The lowest BCUT2D eigenvalue weighted by Gasteiger charge is -2.15. The van der Waals surface area contributed by atoms with E-state index >= 15 is 0 Å². The van der Waals surface area contributed by atoms with Gasteiger partial charge in [0.25, 0.3) is 0 Å². The van der Waals surface area contributed by atoms with Crippen molar-refractivity contribution in [3.8, 4) is 11.3 Å². The van der Waals surface area contributed by atoms with Crippen LogP contribution in [0.3, 0.4) is 0 Å². The molecule has 0 bridgehead atoms. The van der Waals surface area contributed by atoms with E-state index in [4.69, 9.17) is 0 Å². The van der Waals surface area contributed by atoms with Crippen LogP contribution in [0.4, 0.5) is 10.8 Å². The van der Waals surface area contributed by atoms with Crippen LogP contribution in [0.15, 0.2) is 29.6 Å². The third-order valence-electron chi connectivity index (χ3n) is 3.86. The molecule has 1 saturated heterocycles. The summed E-state index contributed by atoms with van der Waals surface area (Å²) < 4.78 is 0. The van der Waals surface area contributed by atoms with Crippen LogP contribution in [0.5, 0.6) is 0 Å². The van der Waals surface area contributed by atoms with Gasteiger partial charge in [-0.1, -0.05) is 25.5 Å². The van der Waals surface area contributed by atoms with Gasteiger partial charge in [-0.3, -0.25) is 4.79 Å². The zero-order chi connectivity index (χ0) is 15.4. The molecule has 1 amide bonds. The Labute approximate surface area is 135 Å². The Hall–Kier alpha value is -1.88. The average Bonchev–Trinajstić information content (AvgIpc) is 3.17. The van der Waals surface area contributed by atoms with E-state index in [0.29, 0.717) is 6.42 Å². The second kappa shape index (κ2) is 6.92. The Bertz CT molecular complexity index is 636. The fourth-order valence-corrected chi connectivity index (χ4v) is 3.34. The van der Waals surface area contributed by atoms with Gasteiger partial charge in [0.2, 0.25) is 5.91 Å². The molecule has 4 nitrogen and oxygen atoms in total. The molecule has 1 fully saturated rings. The molecule has 1 aromatic carbocycles. The predicted octanol–water partition coefficient (Wildman–Crippen LogP) is 4.15. The van der Waals surface area contributed by atoms with Crippen molar-refractivity contribution in [2.75, 3.05) is 23.3 Å². The summed E-state index contributed by atoms with van der Waals surface area (Å²) in [5, 5.41) is 6.40. The summed E-state index contributed by atoms with van der Waals surface area (Å²) in [7, 11) is 0. The zero-order valence-electron chi connectivity index (χ0n) is 12.8. The van der Waals surface area contributed by atoms with Gasteiger partial charge in [0.1, 0.15) is 0 Å². The van der Waals surface area contributed by atoms with Crippen LogP contribution < -0.4 is 10.2 Å². The molecule has 1 aliphatic rings. The SMILES string of the molecule is CCCCNc1nc(-c2ccc(N3CCCC3=O)cc2)cs1. The Morgan fingerprint density at radius 1 is 1.32 bits per heavy atom. The maximum absolute atomic E-state index is 11.8. The molecule has 0 aliphatic carbocycles. The molecule has 1 N–H and O–H groups in total. The van der Waals surface area contributed by atoms with E-state index in [1.165, 1.54) is 6.42 Å². The highest BCUT2D eigenvalue weighted by Gasteiger charge is 2.21. The van der Waals surface area contributed by atoms with E-state index in [0.717, 1.165) is 48.0 Å². The maximum atomic E-state index is 11.8. The highest BCUT2D eigenvalue weighted by Crippen LogP contribution is 2.28. The van der Waals surface area contributed by atoms with Crippen LogP contribution in [0.2, 0.25) is 0 Å². The largest absolute Gasteiger partial charge is 0.362 e. The molecular weight excluding hydrogens is 294 g/mol. The van der Waals surface area contributed by atoms with E-state index in [1.807, 2.05) is 29.2 Å². The number of carbonyl (C=O) groups excluding carboxylic acids is 1. The first-order valence-corrected chi connectivity index (χ1v) is 8.76. The molecule has 1 aliphatic heterocycles. The van der Waals surface area contributed by atoms with Gasteiger partial charge in [-0.15, -0.1) is 11.3 Å². The van der Waals surface area contributed by atoms with Gasteiger partial charge in [-0.2, -0.15) is 0 Å². The number of carbonyl (C=O) groups is 1. The maximum Gasteiger partial charge on any atom is 0.227 e. The van der Waals surface area contributed by atoms with Gasteiger partial charge in [0.15, 0.2) is 5.13 Å². The zero-order valence-corrected chi connectivity index (χ0v) is 13.7. The molecular formula is C17H21N3OS. The second-order valence-corrected chi connectivity index (χ2v) is 6.37. The first-order chi connectivity index (χ1) is 10.8. The third kappa shape index (κ3) is 3.30. The highest BCUT2D eigenvalue weighted by atomic mass is 32.1. The van der Waals surface area contributed by atoms with Crippen LogP contribution in [0, 0.1) is 0 Å². The van der Waals surface area contributed by atoms with Gasteiger partial charge in [-0.25, -0.2) is 4.98 Å². The van der Waals surface area contributed by atoms with E-state index in [-0.39, 0.29) is 5.91 Å². The fourth-order valence-electron chi connectivity index (χ4n) is 2.59. The molecule has 3 rings (SSSR count). The van der Waals surface area contributed by atoms with Crippen LogP contribution in [0.1, 0.15) is 32.6 Å². The summed E-state index contributed by atoms with van der Waals surface area (Å²) >= 11 is 1.64. The van der Waals surface area contributed by atoms with Crippen LogP contribution in [-0.2, 0) is 4.79 Å². The van der Waals surface area contributed by atoms with Gasteiger partial charge < -0.3 is 10.2 Å². The molecule has 0 radical (unpaired) electrons. The molecule has 0 atom stereocenters. The molecule has 2 heterocycles. The molecule has 0 saturated carbocycles. The predicted molar refractivity (Wildman–Crippen MR) is 92.5 cm³/mol. The second-order valence-electron chi connectivity index (χ2n) is 5.51. The van der Waals surface area contributed by atoms with Crippen molar-refractivity contribution >= 4 is 28.1 Å². The molecule has 0 unspecified atom stereocenters. The molecule has 0 spiro atoms. The number of hydrogen-bond acceptors (Lipinski definition) is 4. The van der Waals surface area contributed by atoms with Crippen LogP contribution in [0.25, 0.3) is 11.3 Å². The molecule has 22 heavy (non-hydrogen) atoms. The van der Waals surface area contributed by atoms with Gasteiger partial charge in [0.05, 0.1) is 5.69 Å². The lowest BCUT2D eigenvalue weighted by Crippen LogP contribution is -2.23. The van der Waals surface area contributed by atoms with Crippen molar-refractivity contribution in [1.29, 1.82) is 0 Å². The smallest absolute Gasteiger partial charge is 0.227 e. The van der Waals surface area contributed by atoms with Crippen molar-refractivity contribution in [2.45, 2.75) is 32.6 Å². The number of anilines is 2. The Morgan fingerprint density at radius 2 is 2.14 bits per heavy atom. The van der Waals surface area contributed by atoms with Crippen molar-refractivity contribution in [1.82, 2.24) is 4.98 Å². The highest BCUT2D eigenvalue weighted by molar-refractivity contribution is 7.14. The van der Waals surface area contributed by atoms with Crippen LogP contribution >= 0.6 is 11.3 Å². The standard InChI is InChI=1S/C17H21N3OS/c1-2-3-10-18-17-19-15(12-22-17)13-6-8-14(9-7-13)20-11-4-5-16(20)21/h6-9,12H,2-5,10-11H2,1H3,(H,18,19). The van der Waals surface area contributed by atoms with Crippen molar-refractivity contribution < 1.29 is 4.79 Å². The minimum atomic E-state index is 0.226. The lowest BCUT2D eigenvalue weighted by atomic mass is 10.1. The Morgan fingerprint density at radius 3 is 2.82 bits per heavy atom. The molecule has 2 aromatic rings. The summed E-state index contributed by atoms with van der Waals surface area (Å²) in [6.07, 6.45) is 3.97. The number of unbranched alkanes of at least 4 members (excludes halogenated alkanes) is 1. The summed E-state index contributed by atoms with van der Waals surface area (Å²) in [5.74, 6) is 0.226. The Balaban J connectivity index is 1.69. The van der Waals surface area contributed by atoms with E-state index in [2.05, 4.69) is 22.6 Å². The van der Waals surface area contributed by atoms with Gasteiger partial charge in [-0.05, 0) is 25.0 Å². The van der Waals surface area contributed by atoms with E-state index < -0.39 is 0 Å². The van der Waals surface area contributed by atoms with E-state index in [9.17, 15) is 4.79 Å². The average molecular weight is 315 g/mol. The summed E-state index contributed by atoms with van der Waals surface area (Å²) in [6.45, 7) is 3.99. The lowest BCUT2D eigenvalue weighted by molar-refractivity contribution is -0.117. The quantitative estimate of drug-likeness (QED) is 0.815. The minimum Gasteiger partial charge on any atom is -0.362 e. The molecule has 116 valence electrons. The number of amides is 1. The van der Waals surface area contributed by atoms with E-state index in [1.54, 1.807) is 11.3 Å². The Kier molecular flexibility index (Phi) is 4.73. The molecule has 1 aromatic heterocycles. The number of hydrogen-bond donors (Lipinski definition) is 1. The number of rotatable bonds is 6. The number of nitrogens with one attached hydrogen (secondary N) is 1. The minimum absolute atomic E-state index is 0.226. The van der Waals surface area contributed by atoms with Gasteiger partial charge >= 0.3 is 0 Å². The number of benzene rings is 1. The number of thiazole rings is 1. The number of aromatic nitrogens is 1. The summed E-state index contributed by atoms with van der Waals surface area (Å²) in [4.78, 5) is 18.3. The van der Waals surface area contributed by atoms with Crippen molar-refractivity contribution in [2.24, 2.45) is 0 Å². The third-order valence-corrected chi connectivity index (χ3v) is 4.66. The molecule has 5 heteroatoms. The van der Waals surface area contributed by atoms with Crippen molar-refractivity contribution in [3.63, 3.8) is 0 Å². The van der Waals surface area contributed by atoms with Crippen LogP contribution in [-0.4, -0.2) is 24.0 Å². The summed E-state index contributed by atoms with van der Waals surface area (Å²) in [5.41, 5.74) is 3.07. The van der Waals surface area contributed by atoms with Crippen molar-refractivity contribution in [3.05, 3.63) is 29.6 Å². The summed E-state index contributed by atoms with van der Waals surface area (Å²) in [6, 6.07) is 8.13. The fraction of sp³-hybridized carbons (Fsp3) is 0.412. The number of nitrogens with zero attached hydrogens (tertiary/aromatic N) is 2.